The van der Waals surface area contributed by atoms with Crippen molar-refractivity contribution in [3.63, 3.8) is 0 Å². The highest BCUT2D eigenvalue weighted by Gasteiger charge is 2.17. The molecule has 40 heavy (non-hydrogen) atoms. The minimum absolute atomic E-state index is 0.0411. The first-order valence-electron chi connectivity index (χ1n) is 12.2. The number of aromatic nitrogens is 1. The van der Waals surface area contributed by atoms with Crippen LogP contribution in [0.1, 0.15) is 15.9 Å². The standard InChI is InChI=1S/C29H27FN4O5S/c1-37-13-12-32-28(36)21-16-20-23(17-26(21)38-2)31-11-10-24(20)39-25-9-8-19(15-22(25)30)33-29(40)34-27(35)14-18-6-4-3-5-7-18/h3-11,15-17H,12-14H2,1-2H3,(H,32,36)(H2,33,34,35,40). The molecule has 1 aromatic heterocycles. The van der Waals surface area contributed by atoms with E-state index < -0.39 is 5.82 Å². The Labute approximate surface area is 235 Å². The number of hydrogen-bond acceptors (Lipinski definition) is 7. The van der Waals surface area contributed by atoms with E-state index in [2.05, 4.69) is 20.9 Å². The zero-order valence-electron chi connectivity index (χ0n) is 21.8. The van der Waals surface area contributed by atoms with Crippen LogP contribution in [-0.4, -0.2) is 49.3 Å². The second-order valence-electron chi connectivity index (χ2n) is 8.54. The van der Waals surface area contributed by atoms with Crippen molar-refractivity contribution in [3.05, 3.63) is 89.9 Å². The van der Waals surface area contributed by atoms with Crippen LogP contribution < -0.4 is 25.4 Å². The first kappa shape index (κ1) is 28.4. The lowest BCUT2D eigenvalue weighted by Gasteiger charge is -2.14. The molecule has 3 N–H and O–H groups in total. The van der Waals surface area contributed by atoms with E-state index in [1.165, 1.54) is 25.4 Å². The predicted molar refractivity (Wildman–Crippen MR) is 153 cm³/mol. The van der Waals surface area contributed by atoms with Crippen LogP contribution in [0.25, 0.3) is 10.9 Å². The molecule has 0 radical (unpaired) electrons. The second-order valence-corrected chi connectivity index (χ2v) is 8.95. The van der Waals surface area contributed by atoms with Gasteiger partial charge in [0.25, 0.3) is 5.91 Å². The fourth-order valence-electron chi connectivity index (χ4n) is 3.84. The fraction of sp³-hybridized carbons (Fsp3) is 0.172. The average molecular weight is 563 g/mol. The van der Waals surface area contributed by atoms with E-state index in [1.807, 2.05) is 30.3 Å². The molecule has 0 spiro atoms. The molecule has 0 aliphatic heterocycles. The molecule has 0 aliphatic carbocycles. The van der Waals surface area contributed by atoms with E-state index in [9.17, 15) is 9.59 Å². The van der Waals surface area contributed by atoms with Gasteiger partial charge in [-0.25, -0.2) is 4.39 Å². The van der Waals surface area contributed by atoms with Gasteiger partial charge < -0.3 is 30.2 Å². The number of ether oxygens (including phenoxy) is 3. The van der Waals surface area contributed by atoms with Crippen molar-refractivity contribution in [2.45, 2.75) is 6.42 Å². The summed E-state index contributed by atoms with van der Waals surface area (Å²) in [5.41, 5.74) is 1.94. The molecule has 0 fully saturated rings. The third kappa shape index (κ3) is 7.28. The third-order valence-electron chi connectivity index (χ3n) is 5.73. The van der Waals surface area contributed by atoms with Gasteiger partial charge in [-0.15, -0.1) is 0 Å². The highest BCUT2D eigenvalue weighted by molar-refractivity contribution is 7.80. The predicted octanol–water partition coefficient (Wildman–Crippen LogP) is 4.61. The summed E-state index contributed by atoms with van der Waals surface area (Å²) in [6.45, 7) is 0.672. The Hall–Kier alpha value is -4.61. The zero-order chi connectivity index (χ0) is 28.5. The number of rotatable bonds is 10. The molecule has 2 amide bonds. The van der Waals surface area contributed by atoms with Crippen molar-refractivity contribution >= 4 is 45.7 Å². The molecule has 4 aromatic rings. The summed E-state index contributed by atoms with van der Waals surface area (Å²) in [6.07, 6.45) is 1.67. The Morgan fingerprint density at radius 2 is 1.77 bits per heavy atom. The molecule has 4 rings (SSSR count). The number of anilines is 1. The third-order valence-corrected chi connectivity index (χ3v) is 5.93. The lowest BCUT2D eigenvalue weighted by atomic mass is 10.1. The number of halogens is 1. The Morgan fingerprint density at radius 3 is 2.50 bits per heavy atom. The number of amides is 2. The van der Waals surface area contributed by atoms with Gasteiger partial charge in [-0.2, -0.15) is 0 Å². The molecule has 0 saturated heterocycles. The maximum absolute atomic E-state index is 15.0. The molecule has 0 aliphatic rings. The lowest BCUT2D eigenvalue weighted by Crippen LogP contribution is -2.35. The van der Waals surface area contributed by atoms with Crippen LogP contribution in [0.15, 0.2) is 72.9 Å². The number of nitrogens with one attached hydrogen (secondary N) is 3. The summed E-state index contributed by atoms with van der Waals surface area (Å²) in [5, 5.41) is 8.67. The number of nitrogens with zero attached hydrogens (tertiary/aromatic N) is 1. The summed E-state index contributed by atoms with van der Waals surface area (Å²) in [5.74, 6) is -0.753. The van der Waals surface area contributed by atoms with Crippen LogP contribution in [0.5, 0.6) is 17.2 Å². The Bertz CT molecular complexity index is 1530. The number of methoxy groups -OCH3 is 2. The van der Waals surface area contributed by atoms with Crippen molar-refractivity contribution in [1.29, 1.82) is 0 Å². The van der Waals surface area contributed by atoms with Gasteiger partial charge in [0.1, 0.15) is 11.5 Å². The van der Waals surface area contributed by atoms with Crippen LogP contribution in [0.3, 0.4) is 0 Å². The number of hydrogen-bond donors (Lipinski definition) is 3. The smallest absolute Gasteiger partial charge is 0.255 e. The fourth-order valence-corrected chi connectivity index (χ4v) is 4.07. The van der Waals surface area contributed by atoms with Gasteiger partial charge in [-0.1, -0.05) is 30.3 Å². The average Bonchev–Trinajstić information content (AvgIpc) is 2.94. The van der Waals surface area contributed by atoms with E-state index in [-0.39, 0.29) is 34.7 Å². The molecule has 0 bridgehead atoms. The van der Waals surface area contributed by atoms with E-state index in [1.54, 1.807) is 31.4 Å². The van der Waals surface area contributed by atoms with E-state index in [0.29, 0.717) is 41.2 Å². The molecule has 1 heterocycles. The van der Waals surface area contributed by atoms with Crippen LogP contribution in [0.4, 0.5) is 10.1 Å². The number of fused-ring (bicyclic) bond motifs is 1. The SMILES string of the molecule is COCCNC(=O)c1cc2c(Oc3ccc(NC(=S)NC(=O)Cc4ccccc4)cc3F)ccnc2cc1OC. The largest absolute Gasteiger partial charge is 0.496 e. The van der Waals surface area contributed by atoms with Gasteiger partial charge in [0, 0.05) is 43.1 Å². The van der Waals surface area contributed by atoms with Gasteiger partial charge in [-0.3, -0.25) is 14.6 Å². The van der Waals surface area contributed by atoms with Crippen LogP contribution in [0.2, 0.25) is 0 Å². The van der Waals surface area contributed by atoms with Crippen LogP contribution >= 0.6 is 12.2 Å². The normalized spacial score (nSPS) is 10.6. The first-order chi connectivity index (χ1) is 19.4. The quantitative estimate of drug-likeness (QED) is 0.190. The number of carbonyl (C=O) groups excluding carboxylic acids is 2. The summed E-state index contributed by atoms with van der Waals surface area (Å²) in [4.78, 5) is 29.3. The van der Waals surface area contributed by atoms with Gasteiger partial charge >= 0.3 is 0 Å². The molecule has 3 aromatic carbocycles. The number of benzene rings is 3. The first-order valence-corrected chi connectivity index (χ1v) is 12.6. The molecule has 11 heteroatoms. The summed E-state index contributed by atoms with van der Waals surface area (Å²) in [7, 11) is 3.00. The Kier molecular flexibility index (Phi) is 9.55. The molecule has 9 nitrogen and oxygen atoms in total. The van der Waals surface area contributed by atoms with Crippen molar-refractivity contribution in [2.24, 2.45) is 0 Å². The molecular weight excluding hydrogens is 535 g/mol. The van der Waals surface area contributed by atoms with Crippen molar-refractivity contribution in [1.82, 2.24) is 15.6 Å². The maximum Gasteiger partial charge on any atom is 0.255 e. The second kappa shape index (κ2) is 13.5. The topological polar surface area (TPSA) is 111 Å². The summed E-state index contributed by atoms with van der Waals surface area (Å²) in [6, 6.07) is 18.2. The zero-order valence-corrected chi connectivity index (χ0v) is 22.6. The van der Waals surface area contributed by atoms with Gasteiger partial charge in [0.2, 0.25) is 5.91 Å². The van der Waals surface area contributed by atoms with Gasteiger partial charge in [0.15, 0.2) is 16.7 Å². The summed E-state index contributed by atoms with van der Waals surface area (Å²) >= 11 is 5.20. The van der Waals surface area contributed by atoms with Crippen LogP contribution in [0, 0.1) is 5.82 Å². The van der Waals surface area contributed by atoms with Crippen molar-refractivity contribution in [3.8, 4) is 17.2 Å². The lowest BCUT2D eigenvalue weighted by molar-refractivity contribution is -0.119. The molecular formula is C29H27FN4O5S. The van der Waals surface area contributed by atoms with Gasteiger partial charge in [0.05, 0.1) is 31.2 Å². The minimum Gasteiger partial charge on any atom is -0.496 e. The van der Waals surface area contributed by atoms with Crippen molar-refractivity contribution in [2.75, 3.05) is 32.7 Å². The maximum atomic E-state index is 15.0. The molecule has 0 atom stereocenters. The van der Waals surface area contributed by atoms with Gasteiger partial charge in [-0.05, 0) is 42.0 Å². The highest BCUT2D eigenvalue weighted by Crippen LogP contribution is 2.34. The minimum atomic E-state index is -0.667. The molecule has 206 valence electrons. The van der Waals surface area contributed by atoms with E-state index in [4.69, 9.17) is 26.4 Å². The Morgan fingerprint density at radius 1 is 0.975 bits per heavy atom. The number of carbonyl (C=O) groups is 2. The monoisotopic (exact) mass is 562 g/mol. The Balaban J connectivity index is 1.48. The number of pyridine rings is 1. The summed E-state index contributed by atoms with van der Waals surface area (Å²) < 4.78 is 31.3. The highest BCUT2D eigenvalue weighted by atomic mass is 32.1. The van der Waals surface area contributed by atoms with E-state index in [0.717, 1.165) is 5.56 Å². The molecule has 0 unspecified atom stereocenters. The number of thiocarbonyl (C=S) groups is 1. The van der Waals surface area contributed by atoms with E-state index >= 15 is 4.39 Å². The van der Waals surface area contributed by atoms with Crippen molar-refractivity contribution < 1.29 is 28.2 Å². The van der Waals surface area contributed by atoms with Crippen LogP contribution in [-0.2, 0) is 16.0 Å². The molecule has 0 saturated carbocycles.